The number of furan rings is 1. The van der Waals surface area contributed by atoms with Gasteiger partial charge in [-0.15, -0.1) is 11.3 Å². The molecule has 0 radical (unpaired) electrons. The summed E-state index contributed by atoms with van der Waals surface area (Å²) in [4.78, 5) is 24.6. The highest BCUT2D eigenvalue weighted by atomic mass is 32.1. The van der Waals surface area contributed by atoms with Crippen molar-refractivity contribution in [3.05, 3.63) is 82.2 Å². The number of amides is 2. The molecule has 0 saturated heterocycles. The number of aliphatic hydroxyl groups is 1. The molecule has 0 fully saturated rings. The van der Waals surface area contributed by atoms with Crippen LogP contribution in [0.4, 0.5) is 4.39 Å². The fourth-order valence-electron chi connectivity index (χ4n) is 2.48. The summed E-state index contributed by atoms with van der Waals surface area (Å²) in [5.41, 5.74) is -0.923. The largest absolute Gasteiger partial charge is 0.466 e. The lowest BCUT2D eigenvalue weighted by molar-refractivity contribution is -0.139. The Morgan fingerprint density at radius 2 is 1.81 bits per heavy atom. The molecule has 3 aromatic rings. The van der Waals surface area contributed by atoms with Crippen molar-refractivity contribution in [3.8, 4) is 0 Å². The maximum atomic E-state index is 12.9. The van der Waals surface area contributed by atoms with Crippen molar-refractivity contribution in [1.29, 1.82) is 0 Å². The zero-order valence-corrected chi connectivity index (χ0v) is 15.0. The molecule has 0 aliphatic carbocycles. The first-order valence-corrected chi connectivity index (χ1v) is 8.98. The van der Waals surface area contributed by atoms with Crippen LogP contribution in [0.1, 0.15) is 16.2 Å². The van der Waals surface area contributed by atoms with Crippen LogP contribution in [0.25, 0.3) is 0 Å². The highest BCUT2D eigenvalue weighted by Gasteiger charge is 2.36. The smallest absolute Gasteiger partial charge is 0.309 e. The normalized spacial score (nSPS) is 13.0. The van der Waals surface area contributed by atoms with Crippen molar-refractivity contribution >= 4 is 23.2 Å². The van der Waals surface area contributed by atoms with E-state index in [0.717, 1.165) is 0 Å². The van der Waals surface area contributed by atoms with Gasteiger partial charge >= 0.3 is 11.8 Å². The SMILES string of the molecule is O=C(NCc1ccc(F)cc1)C(=O)NC[C@@](O)(c1ccco1)c1cccs1. The number of nitrogens with one attached hydrogen (secondary N) is 2. The molecule has 1 aromatic carbocycles. The molecule has 0 aliphatic heterocycles. The molecule has 2 heterocycles. The third-order valence-corrected chi connectivity index (χ3v) is 4.96. The van der Waals surface area contributed by atoms with E-state index >= 15 is 0 Å². The summed E-state index contributed by atoms with van der Waals surface area (Å²) in [6.45, 7) is -0.149. The lowest BCUT2D eigenvalue weighted by Gasteiger charge is -2.25. The molecule has 140 valence electrons. The highest BCUT2D eigenvalue weighted by molar-refractivity contribution is 7.10. The topological polar surface area (TPSA) is 91.6 Å². The predicted octanol–water partition coefficient (Wildman–Crippen LogP) is 2.15. The van der Waals surface area contributed by atoms with Crippen LogP contribution in [0.3, 0.4) is 0 Å². The quantitative estimate of drug-likeness (QED) is 0.564. The standard InChI is InChI=1S/C19H17FN2O4S/c20-14-7-5-13(6-8-14)11-21-17(23)18(24)22-12-19(25,15-3-1-9-26-15)16-4-2-10-27-16/h1-10,25H,11-12H2,(H,21,23)(H,22,24)/t19-/m1/s1. The fraction of sp³-hybridized carbons (Fsp3) is 0.158. The van der Waals surface area contributed by atoms with E-state index in [1.807, 2.05) is 0 Å². The van der Waals surface area contributed by atoms with Crippen LogP contribution in [0.15, 0.2) is 64.6 Å². The van der Waals surface area contributed by atoms with E-state index in [1.54, 1.807) is 29.6 Å². The summed E-state index contributed by atoms with van der Waals surface area (Å²) >= 11 is 1.30. The van der Waals surface area contributed by atoms with Crippen LogP contribution < -0.4 is 10.6 Å². The molecule has 3 rings (SSSR count). The average Bonchev–Trinajstić information content (AvgIpc) is 3.39. The number of rotatable bonds is 6. The lowest BCUT2D eigenvalue weighted by atomic mass is 9.98. The van der Waals surface area contributed by atoms with Crippen molar-refractivity contribution in [1.82, 2.24) is 10.6 Å². The van der Waals surface area contributed by atoms with Crippen molar-refractivity contribution in [3.63, 3.8) is 0 Å². The summed E-state index contributed by atoms with van der Waals surface area (Å²) in [6, 6.07) is 12.3. The molecule has 0 unspecified atom stereocenters. The first-order valence-electron chi connectivity index (χ1n) is 8.10. The minimum atomic E-state index is -1.58. The van der Waals surface area contributed by atoms with Gasteiger partial charge in [-0.2, -0.15) is 0 Å². The van der Waals surface area contributed by atoms with E-state index in [0.29, 0.717) is 10.4 Å². The molecule has 6 nitrogen and oxygen atoms in total. The van der Waals surface area contributed by atoms with Crippen molar-refractivity contribution < 1.29 is 23.5 Å². The minimum Gasteiger partial charge on any atom is -0.466 e. The Morgan fingerprint density at radius 3 is 2.44 bits per heavy atom. The predicted molar refractivity (Wildman–Crippen MR) is 97.3 cm³/mol. The van der Waals surface area contributed by atoms with Gasteiger partial charge in [0.05, 0.1) is 12.8 Å². The number of hydrogen-bond donors (Lipinski definition) is 3. The number of hydrogen-bond acceptors (Lipinski definition) is 5. The van der Waals surface area contributed by atoms with E-state index in [9.17, 15) is 19.1 Å². The zero-order chi connectivity index (χ0) is 19.3. The zero-order valence-electron chi connectivity index (χ0n) is 14.1. The number of benzene rings is 1. The van der Waals surface area contributed by atoms with E-state index in [-0.39, 0.29) is 24.7 Å². The fourth-order valence-corrected chi connectivity index (χ4v) is 3.31. The van der Waals surface area contributed by atoms with Crippen LogP contribution in [0, 0.1) is 5.82 Å². The molecule has 0 bridgehead atoms. The Morgan fingerprint density at radius 1 is 1.07 bits per heavy atom. The minimum absolute atomic E-state index is 0.0832. The maximum absolute atomic E-state index is 12.9. The molecule has 3 N–H and O–H groups in total. The summed E-state index contributed by atoms with van der Waals surface area (Å²) in [6.07, 6.45) is 1.42. The van der Waals surface area contributed by atoms with Crippen LogP contribution >= 0.6 is 11.3 Å². The molecular formula is C19H17FN2O4S. The van der Waals surface area contributed by atoms with E-state index in [4.69, 9.17) is 4.42 Å². The van der Waals surface area contributed by atoms with Gasteiger partial charge in [0.1, 0.15) is 11.6 Å². The van der Waals surface area contributed by atoms with Gasteiger partial charge in [-0.05, 0) is 41.3 Å². The Bertz CT molecular complexity index is 858. The number of halogens is 1. The number of carbonyl (C=O) groups is 2. The number of thiophene rings is 1. The van der Waals surface area contributed by atoms with Gasteiger partial charge in [-0.3, -0.25) is 9.59 Å². The molecule has 2 amide bonds. The molecule has 2 aromatic heterocycles. The molecule has 0 spiro atoms. The Balaban J connectivity index is 1.61. The molecule has 8 heteroatoms. The molecule has 0 saturated carbocycles. The summed E-state index contributed by atoms with van der Waals surface area (Å²) < 4.78 is 18.2. The van der Waals surface area contributed by atoms with Crippen molar-refractivity contribution in [2.24, 2.45) is 0 Å². The number of carbonyl (C=O) groups excluding carboxylic acids is 2. The van der Waals surface area contributed by atoms with Crippen molar-refractivity contribution in [2.75, 3.05) is 6.54 Å². The van der Waals surface area contributed by atoms with Crippen LogP contribution in [0.5, 0.6) is 0 Å². The summed E-state index contributed by atoms with van der Waals surface area (Å²) in [5.74, 6) is -1.86. The Hall–Kier alpha value is -2.97. The molecular weight excluding hydrogens is 371 g/mol. The third-order valence-electron chi connectivity index (χ3n) is 3.93. The lowest BCUT2D eigenvalue weighted by Crippen LogP contribution is -2.46. The first-order chi connectivity index (χ1) is 13.0. The van der Waals surface area contributed by atoms with Gasteiger partial charge in [0.15, 0.2) is 5.60 Å². The second kappa shape index (κ2) is 8.15. The van der Waals surface area contributed by atoms with E-state index in [2.05, 4.69) is 10.6 Å². The Labute approximate surface area is 158 Å². The van der Waals surface area contributed by atoms with Crippen LogP contribution in [-0.4, -0.2) is 23.5 Å². The summed E-state index contributed by atoms with van der Waals surface area (Å²) in [7, 11) is 0. The molecule has 27 heavy (non-hydrogen) atoms. The van der Waals surface area contributed by atoms with Crippen LogP contribution in [-0.2, 0) is 21.7 Å². The maximum Gasteiger partial charge on any atom is 0.309 e. The second-order valence-corrected chi connectivity index (χ2v) is 6.75. The second-order valence-electron chi connectivity index (χ2n) is 5.81. The van der Waals surface area contributed by atoms with E-state index < -0.39 is 17.4 Å². The Kier molecular flexibility index (Phi) is 5.68. The first kappa shape index (κ1) is 18.8. The average molecular weight is 388 g/mol. The van der Waals surface area contributed by atoms with Gasteiger partial charge in [0, 0.05) is 11.4 Å². The van der Waals surface area contributed by atoms with Gasteiger partial charge in [-0.25, -0.2) is 4.39 Å². The monoisotopic (exact) mass is 388 g/mol. The van der Waals surface area contributed by atoms with Gasteiger partial charge in [0.2, 0.25) is 0 Å². The molecule has 0 aliphatic rings. The van der Waals surface area contributed by atoms with E-state index in [1.165, 1.54) is 41.9 Å². The van der Waals surface area contributed by atoms with Gasteiger partial charge in [-0.1, -0.05) is 18.2 Å². The third kappa shape index (κ3) is 4.42. The molecule has 1 atom stereocenters. The van der Waals surface area contributed by atoms with Gasteiger partial charge < -0.3 is 20.2 Å². The van der Waals surface area contributed by atoms with Crippen LogP contribution in [0.2, 0.25) is 0 Å². The van der Waals surface area contributed by atoms with Crippen molar-refractivity contribution in [2.45, 2.75) is 12.1 Å². The summed E-state index contributed by atoms with van der Waals surface area (Å²) in [5, 5.41) is 17.7. The van der Waals surface area contributed by atoms with Gasteiger partial charge in [0.25, 0.3) is 0 Å². The highest BCUT2D eigenvalue weighted by Crippen LogP contribution is 2.32.